The van der Waals surface area contributed by atoms with Crippen molar-refractivity contribution < 1.29 is 13.2 Å². The average Bonchev–Trinajstić information content (AvgIpc) is 3.63. The highest BCUT2D eigenvalue weighted by molar-refractivity contribution is 6.30. The molecule has 32 heavy (non-hydrogen) atoms. The molecule has 172 valence electrons. The van der Waals surface area contributed by atoms with E-state index in [1.165, 1.54) is 5.56 Å². The molecule has 0 atom stereocenters. The Morgan fingerprint density at radius 2 is 1.88 bits per heavy atom. The van der Waals surface area contributed by atoms with E-state index >= 15 is 0 Å². The van der Waals surface area contributed by atoms with Crippen LogP contribution in [0.25, 0.3) is 0 Å². The lowest BCUT2D eigenvalue weighted by atomic mass is 9.68. The maximum atomic E-state index is 13.4. The van der Waals surface area contributed by atoms with E-state index in [1.54, 1.807) is 0 Å². The van der Waals surface area contributed by atoms with E-state index in [-0.39, 0.29) is 11.3 Å². The number of hydrogen-bond acceptors (Lipinski definition) is 4. The van der Waals surface area contributed by atoms with Crippen LogP contribution >= 0.6 is 11.6 Å². The van der Waals surface area contributed by atoms with Gasteiger partial charge in [0, 0.05) is 42.0 Å². The maximum absolute atomic E-state index is 13.4. The highest BCUT2D eigenvalue weighted by Crippen LogP contribution is 2.45. The van der Waals surface area contributed by atoms with Crippen LogP contribution in [0.1, 0.15) is 72.8 Å². The predicted molar refractivity (Wildman–Crippen MR) is 118 cm³/mol. The van der Waals surface area contributed by atoms with Crippen LogP contribution < -0.4 is 5.73 Å². The Balaban J connectivity index is 1.34. The predicted octanol–water partition coefficient (Wildman–Crippen LogP) is 5.22. The van der Waals surface area contributed by atoms with E-state index in [4.69, 9.17) is 17.3 Å². The molecule has 4 nitrogen and oxygen atoms in total. The summed E-state index contributed by atoms with van der Waals surface area (Å²) in [5.74, 6) is -0.802. The van der Waals surface area contributed by atoms with Crippen LogP contribution in [0.4, 0.5) is 13.2 Å². The van der Waals surface area contributed by atoms with E-state index in [2.05, 4.69) is 20.9 Å². The zero-order chi connectivity index (χ0) is 22.5. The first-order valence-corrected chi connectivity index (χ1v) is 11.8. The number of nitrogens with zero attached hydrogens (tertiary/aromatic N) is 3. The Hall–Kier alpha value is -1.70. The Kier molecular flexibility index (Phi) is 5.71. The van der Waals surface area contributed by atoms with Crippen LogP contribution in [0.2, 0.25) is 5.02 Å². The van der Waals surface area contributed by atoms with Crippen molar-refractivity contribution in [2.45, 2.75) is 75.0 Å². The van der Waals surface area contributed by atoms with E-state index in [9.17, 15) is 13.2 Å². The van der Waals surface area contributed by atoms with Crippen molar-refractivity contribution in [2.24, 2.45) is 5.73 Å². The third-order valence-electron chi connectivity index (χ3n) is 7.60. The minimum absolute atomic E-state index is 0.0835. The van der Waals surface area contributed by atoms with Gasteiger partial charge in [-0.25, -0.2) is 9.97 Å². The molecule has 0 bridgehead atoms. The van der Waals surface area contributed by atoms with Gasteiger partial charge in [-0.2, -0.15) is 13.2 Å². The molecule has 1 aliphatic heterocycles. The molecule has 2 N–H and O–H groups in total. The second-order valence-corrected chi connectivity index (χ2v) is 10.0. The molecule has 2 fully saturated rings. The fourth-order valence-corrected chi connectivity index (χ4v) is 5.75. The normalized spacial score (nSPS) is 26.7. The fourth-order valence-electron chi connectivity index (χ4n) is 5.56. The largest absolute Gasteiger partial charge is 0.451 e. The summed E-state index contributed by atoms with van der Waals surface area (Å²) in [5, 5.41) is 0.719. The monoisotopic (exact) mass is 464 g/mol. The van der Waals surface area contributed by atoms with E-state index < -0.39 is 12.0 Å². The first-order valence-electron chi connectivity index (χ1n) is 11.5. The molecular formula is C24H28ClF3N4. The van der Waals surface area contributed by atoms with Gasteiger partial charge in [-0.1, -0.05) is 23.7 Å². The molecule has 1 aromatic heterocycles. The van der Waals surface area contributed by atoms with Gasteiger partial charge >= 0.3 is 6.18 Å². The highest BCUT2D eigenvalue weighted by atomic mass is 35.5. The highest BCUT2D eigenvalue weighted by Gasteiger charge is 2.42. The van der Waals surface area contributed by atoms with Gasteiger partial charge in [-0.3, -0.25) is 4.90 Å². The minimum atomic E-state index is -4.51. The number of aromatic nitrogens is 2. The summed E-state index contributed by atoms with van der Waals surface area (Å²) in [6.07, 6.45) is 1.90. The first-order chi connectivity index (χ1) is 15.3. The van der Waals surface area contributed by atoms with Gasteiger partial charge in [0.1, 0.15) is 0 Å². The van der Waals surface area contributed by atoms with Crippen molar-refractivity contribution in [2.75, 3.05) is 13.1 Å². The smallest absolute Gasteiger partial charge is 0.330 e. The lowest BCUT2D eigenvalue weighted by molar-refractivity contribution is -0.145. The minimum Gasteiger partial charge on any atom is -0.330 e. The van der Waals surface area contributed by atoms with Crippen molar-refractivity contribution in [1.29, 1.82) is 0 Å². The second-order valence-electron chi connectivity index (χ2n) is 9.58. The summed E-state index contributed by atoms with van der Waals surface area (Å²) in [6.45, 7) is 1.88. The molecule has 0 amide bonds. The van der Waals surface area contributed by atoms with Crippen LogP contribution in [0.15, 0.2) is 24.3 Å². The number of benzene rings is 1. The van der Waals surface area contributed by atoms with Gasteiger partial charge < -0.3 is 5.73 Å². The molecule has 5 rings (SSSR count). The number of hydrogen-bond donors (Lipinski definition) is 1. The van der Waals surface area contributed by atoms with Crippen LogP contribution in [0.5, 0.6) is 0 Å². The SMILES string of the molecule is NC[C@]1(c2cccc(Cl)c2)CC[C@@H](N2CCc3c(nc(C(F)(F)F)nc3C3CC3)C2)CC1. The van der Waals surface area contributed by atoms with Gasteiger partial charge in [0.25, 0.3) is 0 Å². The molecule has 0 saturated heterocycles. The Bertz CT molecular complexity index is 997. The first kappa shape index (κ1) is 22.1. The quantitative estimate of drug-likeness (QED) is 0.673. The summed E-state index contributed by atoms with van der Waals surface area (Å²) < 4.78 is 40.3. The zero-order valence-electron chi connectivity index (χ0n) is 18.0. The van der Waals surface area contributed by atoms with Crippen molar-refractivity contribution in [3.63, 3.8) is 0 Å². The Morgan fingerprint density at radius 3 is 2.50 bits per heavy atom. The number of fused-ring (bicyclic) bond motifs is 1. The van der Waals surface area contributed by atoms with E-state index in [1.807, 2.05) is 18.2 Å². The molecule has 3 aliphatic rings. The molecule has 0 unspecified atom stereocenters. The van der Waals surface area contributed by atoms with Gasteiger partial charge in [0.2, 0.25) is 5.82 Å². The summed E-state index contributed by atoms with van der Waals surface area (Å²) in [4.78, 5) is 10.3. The fraction of sp³-hybridized carbons (Fsp3) is 0.583. The molecule has 2 aromatic rings. The molecule has 1 aromatic carbocycles. The summed E-state index contributed by atoms with van der Waals surface area (Å²) in [6, 6.07) is 8.29. The van der Waals surface area contributed by atoms with Crippen LogP contribution in [-0.2, 0) is 24.6 Å². The van der Waals surface area contributed by atoms with Crippen molar-refractivity contribution in [3.8, 4) is 0 Å². The number of halogens is 4. The number of rotatable bonds is 4. The van der Waals surface area contributed by atoms with Crippen LogP contribution in [0, 0.1) is 0 Å². The Morgan fingerprint density at radius 1 is 1.12 bits per heavy atom. The van der Waals surface area contributed by atoms with Crippen LogP contribution in [-0.4, -0.2) is 34.0 Å². The van der Waals surface area contributed by atoms with Gasteiger partial charge in [0.15, 0.2) is 0 Å². The van der Waals surface area contributed by atoms with Gasteiger partial charge in [-0.05, 0) is 68.2 Å². The average molecular weight is 465 g/mol. The van der Waals surface area contributed by atoms with E-state index in [0.29, 0.717) is 30.5 Å². The zero-order valence-corrected chi connectivity index (χ0v) is 18.7. The van der Waals surface area contributed by atoms with Crippen molar-refractivity contribution in [3.05, 3.63) is 57.6 Å². The van der Waals surface area contributed by atoms with Crippen molar-refractivity contribution in [1.82, 2.24) is 14.9 Å². The standard InChI is InChI=1S/C24H28ClF3N4/c25-17-3-1-2-16(12-17)23(14-29)9-6-18(7-10-23)32-11-8-19-20(13-32)30-22(24(26,27)28)31-21(19)15-4-5-15/h1-3,12,15,18H,4-11,13-14,29H2/t18-,23+. The van der Waals surface area contributed by atoms with Crippen molar-refractivity contribution >= 4 is 11.6 Å². The third kappa shape index (κ3) is 4.15. The lowest BCUT2D eigenvalue weighted by Crippen LogP contribution is -2.47. The third-order valence-corrected chi connectivity index (χ3v) is 7.84. The Labute approximate surface area is 191 Å². The topological polar surface area (TPSA) is 55.0 Å². The molecule has 2 heterocycles. The number of alkyl halides is 3. The maximum Gasteiger partial charge on any atom is 0.451 e. The molecule has 0 radical (unpaired) electrons. The lowest BCUT2D eigenvalue weighted by Gasteiger charge is -2.44. The van der Waals surface area contributed by atoms with Gasteiger partial charge in [0.05, 0.1) is 11.4 Å². The van der Waals surface area contributed by atoms with Gasteiger partial charge in [-0.15, -0.1) is 0 Å². The summed E-state index contributed by atoms with van der Waals surface area (Å²) in [5.41, 5.74) is 9.52. The summed E-state index contributed by atoms with van der Waals surface area (Å²) >= 11 is 6.22. The second kappa shape index (κ2) is 8.26. The molecule has 2 aliphatic carbocycles. The molecule has 2 saturated carbocycles. The number of nitrogens with two attached hydrogens (primary N) is 1. The van der Waals surface area contributed by atoms with Crippen LogP contribution in [0.3, 0.4) is 0 Å². The van der Waals surface area contributed by atoms with E-state index in [0.717, 1.165) is 62.1 Å². The molecule has 8 heteroatoms. The molecule has 0 spiro atoms. The summed E-state index contributed by atoms with van der Waals surface area (Å²) in [7, 11) is 0. The molecular weight excluding hydrogens is 437 g/mol.